The number of nitrogens with zero attached hydrogens (tertiary/aromatic N) is 2. The van der Waals surface area contributed by atoms with Gasteiger partial charge in [-0.1, -0.05) is 25.9 Å². The summed E-state index contributed by atoms with van der Waals surface area (Å²) in [5.41, 5.74) is 0.00144. The van der Waals surface area contributed by atoms with E-state index in [1.165, 1.54) is 0 Å². The van der Waals surface area contributed by atoms with E-state index >= 15 is 0 Å². The Morgan fingerprint density at radius 3 is 2.76 bits per heavy atom. The Hall–Kier alpha value is -1.14. The molecule has 1 aliphatic rings. The number of anilines is 1. The van der Waals surface area contributed by atoms with Crippen LogP contribution in [0.2, 0.25) is 0 Å². The first-order chi connectivity index (χ1) is 10.2. The number of hydrogen-bond donors (Lipinski definition) is 2. The number of hydrogen-bond acceptors (Lipinski definition) is 6. The Morgan fingerprint density at radius 2 is 2.05 bits per heavy atom. The van der Waals surface area contributed by atoms with Crippen LogP contribution in [0, 0.1) is 0 Å². The third-order valence-electron chi connectivity index (χ3n) is 4.28. The van der Waals surface area contributed by atoms with Crippen LogP contribution in [0.15, 0.2) is 4.42 Å². The maximum absolute atomic E-state index is 5.99. The Balaban J connectivity index is 1.86. The van der Waals surface area contributed by atoms with Crippen molar-refractivity contribution in [2.75, 3.05) is 18.5 Å². The second kappa shape index (κ2) is 7.75. The van der Waals surface area contributed by atoms with Gasteiger partial charge in [-0.15, -0.1) is 5.10 Å². The lowest BCUT2D eigenvalue weighted by atomic mass is 9.86. The van der Waals surface area contributed by atoms with Gasteiger partial charge < -0.3 is 19.8 Å². The molecule has 0 spiro atoms. The van der Waals surface area contributed by atoms with Gasteiger partial charge in [0.2, 0.25) is 5.89 Å². The second-order valence-electron chi connectivity index (χ2n) is 5.75. The molecule has 0 radical (unpaired) electrons. The summed E-state index contributed by atoms with van der Waals surface area (Å²) in [7, 11) is 0. The maximum Gasteiger partial charge on any atom is 0.315 e. The largest absolute Gasteiger partial charge is 0.407 e. The highest BCUT2D eigenvalue weighted by Gasteiger charge is 2.34. The van der Waals surface area contributed by atoms with Crippen LogP contribution >= 0.6 is 0 Å². The van der Waals surface area contributed by atoms with Gasteiger partial charge in [-0.05, 0) is 38.6 Å². The summed E-state index contributed by atoms with van der Waals surface area (Å²) in [6, 6.07) is 0.867. The van der Waals surface area contributed by atoms with Gasteiger partial charge in [-0.3, -0.25) is 0 Å². The highest BCUT2D eigenvalue weighted by molar-refractivity contribution is 5.20. The summed E-state index contributed by atoms with van der Waals surface area (Å²) < 4.78 is 11.6. The molecule has 0 amide bonds. The summed E-state index contributed by atoms with van der Waals surface area (Å²) in [4.78, 5) is 0. The molecule has 120 valence electrons. The number of nitrogens with one attached hydrogen (secondary N) is 2. The average Bonchev–Trinajstić information content (AvgIpc) is 2.95. The topological polar surface area (TPSA) is 72.2 Å². The van der Waals surface area contributed by atoms with E-state index in [4.69, 9.17) is 9.15 Å². The molecular weight excluding hydrogens is 268 g/mol. The van der Waals surface area contributed by atoms with Gasteiger partial charge in [0.05, 0.1) is 12.1 Å². The molecule has 6 heteroatoms. The van der Waals surface area contributed by atoms with Crippen LogP contribution in [0.5, 0.6) is 0 Å². The van der Waals surface area contributed by atoms with Crippen molar-refractivity contribution in [2.24, 2.45) is 0 Å². The summed E-state index contributed by atoms with van der Waals surface area (Å²) in [6.07, 6.45) is 5.15. The maximum atomic E-state index is 5.99. The minimum Gasteiger partial charge on any atom is -0.407 e. The standard InChI is InChI=1S/C15H28N4O2/c1-4-8-16-11-13-18-19-14(21-13)17-12-7-9-20-15(5-2,6-3)10-12/h12,16H,4-11H2,1-3H3,(H,17,19). The van der Waals surface area contributed by atoms with E-state index in [2.05, 4.69) is 41.6 Å². The van der Waals surface area contributed by atoms with Crippen LogP contribution in [0.4, 0.5) is 6.01 Å². The Bertz CT molecular complexity index is 418. The molecule has 2 rings (SSSR count). The molecule has 1 aromatic heterocycles. The van der Waals surface area contributed by atoms with Gasteiger partial charge in [0, 0.05) is 12.6 Å². The molecule has 1 unspecified atom stereocenters. The molecule has 1 aromatic rings. The van der Waals surface area contributed by atoms with Crippen molar-refractivity contribution < 1.29 is 9.15 Å². The molecule has 1 atom stereocenters. The molecule has 0 aromatic carbocycles. The normalized spacial score (nSPS) is 21.4. The molecule has 1 saturated heterocycles. The molecule has 6 nitrogen and oxygen atoms in total. The quantitative estimate of drug-likeness (QED) is 0.719. The van der Waals surface area contributed by atoms with Crippen LogP contribution < -0.4 is 10.6 Å². The van der Waals surface area contributed by atoms with E-state index in [1.807, 2.05) is 0 Å². The number of ether oxygens (including phenoxy) is 1. The van der Waals surface area contributed by atoms with Crippen molar-refractivity contribution in [3.8, 4) is 0 Å². The third kappa shape index (κ3) is 4.41. The van der Waals surface area contributed by atoms with Crippen LogP contribution in [-0.2, 0) is 11.3 Å². The lowest BCUT2D eigenvalue weighted by Crippen LogP contribution is -2.43. The molecule has 0 saturated carbocycles. The fraction of sp³-hybridized carbons (Fsp3) is 0.867. The van der Waals surface area contributed by atoms with Gasteiger partial charge >= 0.3 is 6.01 Å². The fourth-order valence-corrected chi connectivity index (χ4v) is 2.82. The predicted octanol–water partition coefficient (Wildman–Crippen LogP) is 2.72. The lowest BCUT2D eigenvalue weighted by molar-refractivity contribution is -0.0866. The highest BCUT2D eigenvalue weighted by Crippen LogP contribution is 2.32. The van der Waals surface area contributed by atoms with E-state index in [-0.39, 0.29) is 5.60 Å². The SMILES string of the molecule is CCCNCc1nnc(NC2CCOC(CC)(CC)C2)o1. The van der Waals surface area contributed by atoms with Crippen molar-refractivity contribution in [3.05, 3.63) is 5.89 Å². The summed E-state index contributed by atoms with van der Waals surface area (Å²) in [5.74, 6) is 0.634. The first-order valence-corrected chi connectivity index (χ1v) is 8.15. The Labute approximate surface area is 127 Å². The van der Waals surface area contributed by atoms with Crippen molar-refractivity contribution in [2.45, 2.75) is 71.1 Å². The van der Waals surface area contributed by atoms with Gasteiger partial charge in [0.1, 0.15) is 0 Å². The van der Waals surface area contributed by atoms with Crippen molar-refractivity contribution in [1.29, 1.82) is 0 Å². The number of rotatable bonds is 8. The van der Waals surface area contributed by atoms with Gasteiger partial charge in [0.25, 0.3) is 0 Å². The Morgan fingerprint density at radius 1 is 1.24 bits per heavy atom. The zero-order valence-corrected chi connectivity index (χ0v) is 13.4. The van der Waals surface area contributed by atoms with E-state index < -0.39 is 0 Å². The zero-order chi connectivity index (χ0) is 15.1. The number of aromatic nitrogens is 2. The molecule has 1 aliphatic heterocycles. The van der Waals surface area contributed by atoms with Gasteiger partial charge in [-0.25, -0.2) is 0 Å². The van der Waals surface area contributed by atoms with Gasteiger partial charge in [-0.2, -0.15) is 0 Å². The molecule has 2 heterocycles. The molecule has 1 fully saturated rings. The summed E-state index contributed by atoms with van der Waals surface area (Å²) >= 11 is 0. The van der Waals surface area contributed by atoms with E-state index in [9.17, 15) is 0 Å². The predicted molar refractivity (Wildman–Crippen MR) is 82.2 cm³/mol. The minimum absolute atomic E-state index is 0.00144. The van der Waals surface area contributed by atoms with E-state index in [0.717, 1.165) is 45.3 Å². The fourth-order valence-electron chi connectivity index (χ4n) is 2.82. The van der Waals surface area contributed by atoms with Crippen molar-refractivity contribution in [1.82, 2.24) is 15.5 Å². The minimum atomic E-state index is 0.00144. The Kier molecular flexibility index (Phi) is 5.99. The van der Waals surface area contributed by atoms with Crippen LogP contribution in [0.1, 0.15) is 58.8 Å². The van der Waals surface area contributed by atoms with Crippen molar-refractivity contribution >= 4 is 6.01 Å². The van der Waals surface area contributed by atoms with Crippen LogP contribution in [0.3, 0.4) is 0 Å². The molecule has 0 bridgehead atoms. The smallest absolute Gasteiger partial charge is 0.315 e. The highest BCUT2D eigenvalue weighted by atomic mass is 16.5. The first kappa shape index (κ1) is 16.2. The monoisotopic (exact) mass is 296 g/mol. The van der Waals surface area contributed by atoms with E-state index in [0.29, 0.717) is 24.5 Å². The molecule has 21 heavy (non-hydrogen) atoms. The summed E-state index contributed by atoms with van der Waals surface area (Å²) in [5, 5.41) is 14.8. The lowest BCUT2D eigenvalue weighted by Gasteiger charge is -2.39. The van der Waals surface area contributed by atoms with Crippen LogP contribution in [-0.4, -0.2) is 35.0 Å². The van der Waals surface area contributed by atoms with E-state index in [1.54, 1.807) is 0 Å². The summed E-state index contributed by atoms with van der Waals surface area (Å²) in [6.45, 7) is 8.89. The van der Waals surface area contributed by atoms with Crippen molar-refractivity contribution in [3.63, 3.8) is 0 Å². The van der Waals surface area contributed by atoms with Crippen LogP contribution in [0.25, 0.3) is 0 Å². The third-order valence-corrected chi connectivity index (χ3v) is 4.28. The molecule has 0 aliphatic carbocycles. The zero-order valence-electron chi connectivity index (χ0n) is 13.4. The molecule has 2 N–H and O–H groups in total. The average molecular weight is 296 g/mol. The van der Waals surface area contributed by atoms with Gasteiger partial charge in [0.15, 0.2) is 0 Å². The molecular formula is C15H28N4O2. The second-order valence-corrected chi connectivity index (χ2v) is 5.75. The first-order valence-electron chi connectivity index (χ1n) is 8.15.